The Hall–Kier alpha value is -1.75. The molecule has 1 saturated heterocycles. The van der Waals surface area contributed by atoms with Crippen LogP contribution < -0.4 is 0 Å². The summed E-state index contributed by atoms with van der Waals surface area (Å²) in [6.07, 6.45) is 7.43. The van der Waals surface area contributed by atoms with Crippen molar-refractivity contribution in [3.63, 3.8) is 0 Å². The van der Waals surface area contributed by atoms with E-state index in [9.17, 15) is 0 Å². The number of ether oxygens (including phenoxy) is 2. The SMILES string of the molecule is c1ccc(CCN2CCO[C@H]3[C@H](OCc4cccnc4)CC[C@@H]32)cc1. The molecule has 1 saturated carbocycles. The third-order valence-corrected chi connectivity index (χ3v) is 5.37. The molecule has 1 aromatic carbocycles. The van der Waals surface area contributed by atoms with E-state index in [2.05, 4.69) is 46.3 Å². The number of benzene rings is 1. The van der Waals surface area contributed by atoms with E-state index in [0.717, 1.165) is 44.5 Å². The number of rotatable bonds is 6. The van der Waals surface area contributed by atoms with Gasteiger partial charge in [0.1, 0.15) is 0 Å². The van der Waals surface area contributed by atoms with Gasteiger partial charge in [-0.2, -0.15) is 0 Å². The van der Waals surface area contributed by atoms with Crippen LogP contribution >= 0.6 is 0 Å². The molecule has 3 atom stereocenters. The monoisotopic (exact) mass is 338 g/mol. The summed E-state index contributed by atoms with van der Waals surface area (Å²) in [6, 6.07) is 15.3. The molecule has 0 amide bonds. The minimum atomic E-state index is 0.199. The molecule has 0 unspecified atom stereocenters. The van der Waals surface area contributed by atoms with Crippen LogP contribution in [0, 0.1) is 0 Å². The zero-order valence-electron chi connectivity index (χ0n) is 14.6. The summed E-state index contributed by atoms with van der Waals surface area (Å²) in [7, 11) is 0. The largest absolute Gasteiger partial charge is 0.373 e. The van der Waals surface area contributed by atoms with Gasteiger partial charge in [0, 0.05) is 31.5 Å². The van der Waals surface area contributed by atoms with Crippen LogP contribution in [0.3, 0.4) is 0 Å². The van der Waals surface area contributed by atoms with Crippen LogP contribution in [0.5, 0.6) is 0 Å². The normalized spacial score (nSPS) is 26.5. The molecule has 4 nitrogen and oxygen atoms in total. The molecular weight excluding hydrogens is 312 g/mol. The molecule has 2 fully saturated rings. The fraction of sp³-hybridized carbons (Fsp3) is 0.476. The molecule has 1 aromatic heterocycles. The molecule has 1 aliphatic heterocycles. The topological polar surface area (TPSA) is 34.6 Å². The molecular formula is C21H26N2O2. The third kappa shape index (κ3) is 4.09. The van der Waals surface area contributed by atoms with E-state index in [1.54, 1.807) is 6.20 Å². The van der Waals surface area contributed by atoms with Crippen LogP contribution in [0.1, 0.15) is 24.0 Å². The van der Waals surface area contributed by atoms with E-state index >= 15 is 0 Å². The van der Waals surface area contributed by atoms with Gasteiger partial charge in [-0.3, -0.25) is 9.88 Å². The van der Waals surface area contributed by atoms with E-state index in [4.69, 9.17) is 9.47 Å². The Balaban J connectivity index is 1.32. The van der Waals surface area contributed by atoms with Gasteiger partial charge in [-0.25, -0.2) is 0 Å². The minimum absolute atomic E-state index is 0.199. The predicted molar refractivity (Wildman–Crippen MR) is 97.3 cm³/mol. The minimum Gasteiger partial charge on any atom is -0.373 e. The van der Waals surface area contributed by atoms with Crippen LogP contribution in [0.4, 0.5) is 0 Å². The number of nitrogens with zero attached hydrogens (tertiary/aromatic N) is 2. The highest BCUT2D eigenvalue weighted by Crippen LogP contribution is 2.32. The Labute approximate surface area is 149 Å². The van der Waals surface area contributed by atoms with Crippen LogP contribution in [0.2, 0.25) is 0 Å². The molecule has 1 aliphatic carbocycles. The first kappa shape index (κ1) is 16.7. The number of hydrogen-bond acceptors (Lipinski definition) is 4. The Bertz CT molecular complexity index is 649. The van der Waals surface area contributed by atoms with Gasteiger partial charge in [0.25, 0.3) is 0 Å². The lowest BCUT2D eigenvalue weighted by molar-refractivity contribution is -0.116. The summed E-state index contributed by atoms with van der Waals surface area (Å²) >= 11 is 0. The first-order valence-electron chi connectivity index (χ1n) is 9.30. The second-order valence-corrected chi connectivity index (χ2v) is 6.96. The van der Waals surface area contributed by atoms with Crippen molar-refractivity contribution in [1.29, 1.82) is 0 Å². The molecule has 0 spiro atoms. The van der Waals surface area contributed by atoms with Crippen LogP contribution in [0.25, 0.3) is 0 Å². The maximum Gasteiger partial charge on any atom is 0.0992 e. The molecule has 0 N–H and O–H groups in total. The fourth-order valence-corrected chi connectivity index (χ4v) is 4.05. The van der Waals surface area contributed by atoms with Gasteiger partial charge in [-0.15, -0.1) is 0 Å². The Morgan fingerprint density at radius 3 is 2.80 bits per heavy atom. The van der Waals surface area contributed by atoms with Crippen molar-refractivity contribution in [1.82, 2.24) is 9.88 Å². The van der Waals surface area contributed by atoms with Crippen LogP contribution in [-0.4, -0.2) is 47.8 Å². The lowest BCUT2D eigenvalue weighted by atomic mass is 10.1. The van der Waals surface area contributed by atoms with E-state index in [1.165, 1.54) is 5.56 Å². The average molecular weight is 338 g/mol. The first-order valence-corrected chi connectivity index (χ1v) is 9.30. The Kier molecular flexibility index (Phi) is 5.40. The Morgan fingerprint density at radius 1 is 1.08 bits per heavy atom. The zero-order chi connectivity index (χ0) is 16.9. The number of pyridine rings is 1. The molecule has 25 heavy (non-hydrogen) atoms. The zero-order valence-corrected chi connectivity index (χ0v) is 14.6. The highest BCUT2D eigenvalue weighted by atomic mass is 16.5. The molecule has 2 heterocycles. The van der Waals surface area contributed by atoms with Crippen molar-refractivity contribution in [2.24, 2.45) is 0 Å². The summed E-state index contributed by atoms with van der Waals surface area (Å²) in [5.41, 5.74) is 2.54. The molecule has 4 heteroatoms. The van der Waals surface area contributed by atoms with Crippen LogP contribution in [-0.2, 0) is 22.5 Å². The summed E-state index contributed by atoms with van der Waals surface area (Å²) in [5, 5.41) is 0. The summed E-state index contributed by atoms with van der Waals surface area (Å²) in [6.45, 7) is 3.56. The third-order valence-electron chi connectivity index (χ3n) is 5.37. The Morgan fingerprint density at radius 2 is 1.96 bits per heavy atom. The smallest absolute Gasteiger partial charge is 0.0992 e. The van der Waals surface area contributed by atoms with Crippen molar-refractivity contribution in [3.8, 4) is 0 Å². The maximum absolute atomic E-state index is 6.18. The quantitative estimate of drug-likeness (QED) is 0.811. The predicted octanol–water partition coefficient (Wildman–Crippen LogP) is 3.07. The van der Waals surface area contributed by atoms with Crippen LogP contribution in [0.15, 0.2) is 54.9 Å². The number of morpholine rings is 1. The van der Waals surface area contributed by atoms with Crippen molar-refractivity contribution in [2.75, 3.05) is 19.7 Å². The lowest BCUT2D eigenvalue weighted by Gasteiger charge is -2.39. The van der Waals surface area contributed by atoms with Gasteiger partial charge in [0.05, 0.1) is 25.4 Å². The molecule has 0 bridgehead atoms. The molecule has 0 radical (unpaired) electrons. The number of aromatic nitrogens is 1. The molecule has 2 aliphatic rings. The molecule has 2 aromatic rings. The van der Waals surface area contributed by atoms with E-state index in [-0.39, 0.29) is 12.2 Å². The first-order chi connectivity index (χ1) is 12.4. The highest BCUT2D eigenvalue weighted by Gasteiger charge is 2.43. The number of fused-ring (bicyclic) bond motifs is 1. The van der Waals surface area contributed by atoms with E-state index in [1.807, 2.05) is 12.3 Å². The van der Waals surface area contributed by atoms with Gasteiger partial charge in [-0.1, -0.05) is 36.4 Å². The number of hydrogen-bond donors (Lipinski definition) is 0. The van der Waals surface area contributed by atoms with Crippen molar-refractivity contribution < 1.29 is 9.47 Å². The highest BCUT2D eigenvalue weighted by molar-refractivity contribution is 5.15. The van der Waals surface area contributed by atoms with Gasteiger partial charge in [-0.05, 0) is 36.5 Å². The summed E-state index contributed by atoms with van der Waals surface area (Å²) < 4.78 is 12.3. The summed E-state index contributed by atoms with van der Waals surface area (Å²) in [4.78, 5) is 6.76. The van der Waals surface area contributed by atoms with Crippen molar-refractivity contribution in [3.05, 3.63) is 66.0 Å². The van der Waals surface area contributed by atoms with Gasteiger partial charge >= 0.3 is 0 Å². The van der Waals surface area contributed by atoms with Crippen molar-refractivity contribution >= 4 is 0 Å². The molecule has 4 rings (SSSR count). The second-order valence-electron chi connectivity index (χ2n) is 6.96. The maximum atomic E-state index is 6.18. The molecule has 132 valence electrons. The van der Waals surface area contributed by atoms with E-state index < -0.39 is 0 Å². The second kappa shape index (κ2) is 8.09. The van der Waals surface area contributed by atoms with Crippen molar-refractivity contribution in [2.45, 2.75) is 44.1 Å². The van der Waals surface area contributed by atoms with E-state index in [0.29, 0.717) is 12.6 Å². The lowest BCUT2D eigenvalue weighted by Crippen LogP contribution is -2.52. The summed E-state index contributed by atoms with van der Waals surface area (Å²) in [5.74, 6) is 0. The van der Waals surface area contributed by atoms with Gasteiger partial charge in [0.2, 0.25) is 0 Å². The standard InChI is InChI=1S/C21H26N2O2/c1-2-5-17(6-3-1)10-12-23-13-14-24-21-19(23)8-9-20(21)25-16-18-7-4-11-22-15-18/h1-7,11,15,19-21H,8-10,12-14,16H2/t19-,20+,21+/m0/s1. The van der Waals surface area contributed by atoms with Gasteiger partial charge < -0.3 is 9.47 Å². The fourth-order valence-electron chi connectivity index (χ4n) is 4.05. The van der Waals surface area contributed by atoms with Gasteiger partial charge in [0.15, 0.2) is 0 Å². The average Bonchev–Trinajstić information content (AvgIpc) is 3.10.